The normalized spacial score (nSPS) is 12.2. The summed E-state index contributed by atoms with van der Waals surface area (Å²) in [6, 6.07) is 0. The SMILES string of the molecule is Cc1c(I)nn(C(C)(C)C)c1I. The van der Waals surface area contributed by atoms with Crippen molar-refractivity contribution in [2.75, 3.05) is 0 Å². The van der Waals surface area contributed by atoms with Crippen LogP contribution in [0.15, 0.2) is 0 Å². The second-order valence-electron chi connectivity index (χ2n) is 3.79. The standard InChI is InChI=1S/C8H12I2N2/c1-5-6(9)11-12(7(5)10)8(2,3)4/h1-4H3. The predicted octanol–water partition coefficient (Wildman–Crippen LogP) is 3.16. The quantitative estimate of drug-likeness (QED) is 0.623. The maximum atomic E-state index is 4.48. The second kappa shape index (κ2) is 3.43. The van der Waals surface area contributed by atoms with Crippen LogP contribution >= 0.6 is 45.2 Å². The van der Waals surface area contributed by atoms with E-state index in [4.69, 9.17) is 0 Å². The third-order valence-corrected chi connectivity index (χ3v) is 3.92. The first-order valence-electron chi connectivity index (χ1n) is 3.75. The molecule has 0 unspecified atom stereocenters. The van der Waals surface area contributed by atoms with E-state index in [1.807, 2.05) is 0 Å². The Bertz CT molecular complexity index is 297. The van der Waals surface area contributed by atoms with Crippen molar-refractivity contribution in [2.45, 2.75) is 33.2 Å². The lowest BCUT2D eigenvalue weighted by Crippen LogP contribution is -2.24. The fourth-order valence-electron chi connectivity index (χ4n) is 0.895. The Morgan fingerprint density at radius 1 is 1.25 bits per heavy atom. The lowest BCUT2D eigenvalue weighted by atomic mass is 10.1. The van der Waals surface area contributed by atoms with Crippen molar-refractivity contribution in [1.82, 2.24) is 9.78 Å². The molecule has 1 heterocycles. The van der Waals surface area contributed by atoms with E-state index in [2.05, 4.69) is 82.7 Å². The molecule has 0 aliphatic heterocycles. The van der Waals surface area contributed by atoms with Crippen LogP contribution in [0.2, 0.25) is 0 Å². The average molecular weight is 390 g/mol. The molecule has 0 amide bonds. The molecular weight excluding hydrogens is 378 g/mol. The summed E-state index contributed by atoms with van der Waals surface area (Å²) in [6.07, 6.45) is 0. The fraction of sp³-hybridized carbons (Fsp3) is 0.625. The first kappa shape index (κ1) is 10.7. The summed E-state index contributed by atoms with van der Waals surface area (Å²) in [5.41, 5.74) is 1.37. The molecule has 0 bridgehead atoms. The number of hydrogen-bond donors (Lipinski definition) is 0. The highest BCUT2D eigenvalue weighted by Crippen LogP contribution is 2.23. The number of aromatic nitrogens is 2. The van der Waals surface area contributed by atoms with Crippen LogP contribution in [0, 0.1) is 14.3 Å². The van der Waals surface area contributed by atoms with Crippen molar-refractivity contribution in [3.63, 3.8) is 0 Å². The van der Waals surface area contributed by atoms with Gasteiger partial charge in [0.2, 0.25) is 0 Å². The van der Waals surface area contributed by atoms with Gasteiger partial charge in [0.1, 0.15) is 7.40 Å². The Hall–Kier alpha value is 0.670. The lowest BCUT2D eigenvalue weighted by Gasteiger charge is -2.20. The third kappa shape index (κ3) is 1.94. The molecule has 68 valence electrons. The zero-order valence-corrected chi connectivity index (χ0v) is 12.0. The molecule has 0 spiro atoms. The van der Waals surface area contributed by atoms with E-state index in [1.165, 1.54) is 9.26 Å². The first-order valence-corrected chi connectivity index (χ1v) is 5.91. The molecule has 1 aromatic heterocycles. The van der Waals surface area contributed by atoms with Gasteiger partial charge < -0.3 is 0 Å². The first-order chi connectivity index (χ1) is 5.34. The highest BCUT2D eigenvalue weighted by Gasteiger charge is 2.20. The number of rotatable bonds is 0. The van der Waals surface area contributed by atoms with Crippen molar-refractivity contribution in [2.24, 2.45) is 0 Å². The van der Waals surface area contributed by atoms with E-state index >= 15 is 0 Å². The molecular formula is C8H12I2N2. The van der Waals surface area contributed by atoms with Crippen LogP contribution in [-0.2, 0) is 5.54 Å². The number of hydrogen-bond acceptors (Lipinski definition) is 1. The molecule has 0 saturated heterocycles. The minimum Gasteiger partial charge on any atom is -0.253 e. The lowest BCUT2D eigenvalue weighted by molar-refractivity contribution is 0.346. The summed E-state index contributed by atoms with van der Waals surface area (Å²) < 4.78 is 4.42. The minimum atomic E-state index is 0.0880. The molecule has 0 aliphatic rings. The van der Waals surface area contributed by atoms with Gasteiger partial charge in [0.05, 0.1) is 5.54 Å². The van der Waals surface area contributed by atoms with E-state index < -0.39 is 0 Å². The van der Waals surface area contributed by atoms with Gasteiger partial charge in [0.15, 0.2) is 0 Å². The molecule has 0 N–H and O–H groups in total. The molecule has 0 aromatic carbocycles. The van der Waals surface area contributed by atoms with Gasteiger partial charge in [-0.1, -0.05) is 0 Å². The van der Waals surface area contributed by atoms with E-state index in [9.17, 15) is 0 Å². The molecule has 0 fully saturated rings. The summed E-state index contributed by atoms with van der Waals surface area (Å²) >= 11 is 4.62. The molecule has 1 rings (SSSR count). The van der Waals surface area contributed by atoms with E-state index in [0.29, 0.717) is 0 Å². The van der Waals surface area contributed by atoms with Gasteiger partial charge in [-0.25, -0.2) is 0 Å². The molecule has 4 heteroatoms. The Labute approximate surface area is 100 Å². The second-order valence-corrected chi connectivity index (χ2v) is 5.83. The van der Waals surface area contributed by atoms with Crippen LogP contribution in [0.3, 0.4) is 0 Å². The zero-order chi connectivity index (χ0) is 9.52. The largest absolute Gasteiger partial charge is 0.253 e. The summed E-state index contributed by atoms with van der Waals surface area (Å²) in [4.78, 5) is 0. The molecule has 0 radical (unpaired) electrons. The smallest absolute Gasteiger partial charge is 0.127 e. The third-order valence-electron chi connectivity index (χ3n) is 1.63. The van der Waals surface area contributed by atoms with Gasteiger partial charge in [-0.2, -0.15) is 5.10 Å². The van der Waals surface area contributed by atoms with Crippen molar-refractivity contribution >= 4 is 45.2 Å². The maximum Gasteiger partial charge on any atom is 0.127 e. The van der Waals surface area contributed by atoms with Crippen LogP contribution in [-0.4, -0.2) is 9.78 Å². The molecule has 2 nitrogen and oxygen atoms in total. The van der Waals surface area contributed by atoms with E-state index in [1.54, 1.807) is 0 Å². The molecule has 1 aromatic rings. The predicted molar refractivity (Wildman–Crippen MR) is 67.4 cm³/mol. The number of nitrogens with zero attached hydrogens (tertiary/aromatic N) is 2. The van der Waals surface area contributed by atoms with Crippen molar-refractivity contribution in [3.05, 3.63) is 13.0 Å². The average Bonchev–Trinajstić information content (AvgIpc) is 2.15. The van der Waals surface area contributed by atoms with Crippen molar-refractivity contribution in [1.29, 1.82) is 0 Å². The van der Waals surface area contributed by atoms with Crippen LogP contribution in [0.4, 0.5) is 0 Å². The van der Waals surface area contributed by atoms with Crippen molar-refractivity contribution < 1.29 is 0 Å². The Morgan fingerprint density at radius 3 is 1.92 bits per heavy atom. The van der Waals surface area contributed by atoms with Gasteiger partial charge in [0.25, 0.3) is 0 Å². The topological polar surface area (TPSA) is 17.8 Å². The summed E-state index contributed by atoms with van der Waals surface area (Å²) in [7, 11) is 0. The van der Waals surface area contributed by atoms with Gasteiger partial charge >= 0.3 is 0 Å². The Balaban J connectivity index is 3.28. The Morgan fingerprint density at radius 2 is 1.75 bits per heavy atom. The van der Waals surface area contributed by atoms with Crippen LogP contribution in [0.5, 0.6) is 0 Å². The molecule has 12 heavy (non-hydrogen) atoms. The van der Waals surface area contributed by atoms with Crippen LogP contribution in [0.25, 0.3) is 0 Å². The molecule has 0 atom stereocenters. The summed E-state index contributed by atoms with van der Waals surface area (Å²) in [5.74, 6) is 0. The summed E-state index contributed by atoms with van der Waals surface area (Å²) in [6.45, 7) is 8.60. The van der Waals surface area contributed by atoms with Gasteiger partial charge in [0, 0.05) is 5.56 Å². The van der Waals surface area contributed by atoms with Crippen LogP contribution < -0.4 is 0 Å². The van der Waals surface area contributed by atoms with Crippen molar-refractivity contribution in [3.8, 4) is 0 Å². The van der Waals surface area contributed by atoms with E-state index in [-0.39, 0.29) is 5.54 Å². The molecule has 0 saturated carbocycles. The maximum absolute atomic E-state index is 4.48. The zero-order valence-electron chi connectivity index (χ0n) is 7.65. The van der Waals surface area contributed by atoms with Gasteiger partial charge in [-0.05, 0) is 72.9 Å². The Kier molecular flexibility index (Phi) is 3.08. The highest BCUT2D eigenvalue weighted by molar-refractivity contribution is 14.1. The fourth-order valence-corrected chi connectivity index (χ4v) is 2.97. The highest BCUT2D eigenvalue weighted by atomic mass is 127. The van der Waals surface area contributed by atoms with Gasteiger partial charge in [-0.3, -0.25) is 4.68 Å². The van der Waals surface area contributed by atoms with E-state index in [0.717, 1.165) is 3.70 Å². The van der Waals surface area contributed by atoms with Crippen LogP contribution in [0.1, 0.15) is 26.3 Å². The minimum absolute atomic E-state index is 0.0880. The number of halogens is 2. The van der Waals surface area contributed by atoms with Gasteiger partial charge in [-0.15, -0.1) is 0 Å². The molecule has 0 aliphatic carbocycles. The monoisotopic (exact) mass is 390 g/mol. The summed E-state index contributed by atoms with van der Waals surface area (Å²) in [5, 5.41) is 4.48.